The average Bonchev–Trinajstić information content (AvgIpc) is 3.20. The molecule has 0 aliphatic carbocycles. The van der Waals surface area contributed by atoms with Gasteiger partial charge in [-0.25, -0.2) is 4.68 Å². The summed E-state index contributed by atoms with van der Waals surface area (Å²) in [5.41, 5.74) is 1.72. The number of benzene rings is 2. The minimum absolute atomic E-state index is 0.0655. The van der Waals surface area contributed by atoms with Crippen molar-refractivity contribution in [2.24, 2.45) is 0 Å². The lowest BCUT2D eigenvalue weighted by Crippen LogP contribution is -2.34. The van der Waals surface area contributed by atoms with Crippen LogP contribution in [0, 0.1) is 0 Å². The Morgan fingerprint density at radius 2 is 1.81 bits per heavy atom. The van der Waals surface area contributed by atoms with Crippen molar-refractivity contribution in [3.63, 3.8) is 0 Å². The predicted molar refractivity (Wildman–Crippen MR) is 91.9 cm³/mol. The second kappa shape index (κ2) is 8.84. The van der Waals surface area contributed by atoms with E-state index in [4.69, 9.17) is 0 Å². The van der Waals surface area contributed by atoms with Crippen molar-refractivity contribution in [1.82, 2.24) is 25.5 Å². The van der Waals surface area contributed by atoms with Crippen molar-refractivity contribution >= 4 is 5.91 Å². The Hall–Kier alpha value is -3.36. The topological polar surface area (TPSA) is 81.9 Å². The Labute approximate surface area is 154 Å². The van der Waals surface area contributed by atoms with E-state index in [0.717, 1.165) is 11.1 Å². The molecule has 0 bridgehead atoms. The molecule has 1 heterocycles. The number of aromatic nitrogens is 4. The molecule has 0 spiro atoms. The van der Waals surface area contributed by atoms with Crippen molar-refractivity contribution in [2.45, 2.75) is 25.6 Å². The van der Waals surface area contributed by atoms with E-state index in [2.05, 4.69) is 25.6 Å². The van der Waals surface area contributed by atoms with Gasteiger partial charge in [-0.15, -0.1) is 5.10 Å². The molecule has 27 heavy (non-hydrogen) atoms. The van der Waals surface area contributed by atoms with Crippen LogP contribution in [-0.2, 0) is 17.8 Å². The van der Waals surface area contributed by atoms with Crippen molar-refractivity contribution in [3.05, 3.63) is 72.1 Å². The second-order valence-corrected chi connectivity index (χ2v) is 5.74. The quantitative estimate of drug-likeness (QED) is 0.656. The van der Waals surface area contributed by atoms with E-state index in [1.807, 2.05) is 30.3 Å². The van der Waals surface area contributed by atoms with Crippen molar-refractivity contribution in [1.29, 1.82) is 0 Å². The summed E-state index contributed by atoms with van der Waals surface area (Å²) in [6, 6.07) is 15.0. The molecule has 9 heteroatoms. The second-order valence-electron chi connectivity index (χ2n) is 5.74. The molecule has 0 saturated heterocycles. The van der Waals surface area contributed by atoms with E-state index in [-0.39, 0.29) is 18.2 Å². The van der Waals surface area contributed by atoms with Gasteiger partial charge < -0.3 is 10.1 Å². The maximum absolute atomic E-state index is 12.7. The number of rotatable bonds is 8. The minimum atomic E-state index is -2.87. The third-order valence-corrected chi connectivity index (χ3v) is 3.87. The van der Waals surface area contributed by atoms with E-state index in [1.165, 1.54) is 23.1 Å². The SMILES string of the molecule is O=C(NCc1ccc(OC(F)F)cc1)C(Cc1ccccc1)n1cnnn1. The summed E-state index contributed by atoms with van der Waals surface area (Å²) in [5.74, 6) is -0.185. The molecular formula is C18H17F2N5O2. The Kier molecular flexibility index (Phi) is 6.03. The third-order valence-electron chi connectivity index (χ3n) is 3.87. The zero-order valence-corrected chi connectivity index (χ0v) is 14.2. The summed E-state index contributed by atoms with van der Waals surface area (Å²) in [4.78, 5) is 12.7. The lowest BCUT2D eigenvalue weighted by Gasteiger charge is -2.16. The van der Waals surface area contributed by atoms with Crippen molar-refractivity contribution in [3.8, 4) is 5.75 Å². The highest BCUT2D eigenvalue weighted by atomic mass is 19.3. The summed E-state index contributed by atoms with van der Waals surface area (Å²) in [7, 11) is 0. The largest absolute Gasteiger partial charge is 0.435 e. The van der Waals surface area contributed by atoms with E-state index >= 15 is 0 Å². The number of amides is 1. The molecule has 0 radical (unpaired) electrons. The fraction of sp³-hybridized carbons (Fsp3) is 0.222. The molecule has 3 rings (SSSR count). The van der Waals surface area contributed by atoms with Gasteiger partial charge in [0.1, 0.15) is 18.1 Å². The number of hydrogen-bond donors (Lipinski definition) is 1. The summed E-state index contributed by atoms with van der Waals surface area (Å²) in [6.45, 7) is -2.63. The van der Waals surface area contributed by atoms with Crippen LogP contribution in [0.4, 0.5) is 8.78 Å². The first-order chi connectivity index (χ1) is 13.1. The molecule has 7 nitrogen and oxygen atoms in total. The average molecular weight is 373 g/mol. The molecular weight excluding hydrogens is 356 g/mol. The molecule has 1 unspecified atom stereocenters. The van der Waals surface area contributed by atoms with Crippen molar-refractivity contribution < 1.29 is 18.3 Å². The van der Waals surface area contributed by atoms with Crippen LogP contribution in [0.3, 0.4) is 0 Å². The highest BCUT2D eigenvalue weighted by Gasteiger charge is 2.22. The van der Waals surface area contributed by atoms with Gasteiger partial charge >= 0.3 is 6.61 Å². The van der Waals surface area contributed by atoms with Gasteiger partial charge in [0, 0.05) is 13.0 Å². The molecule has 140 valence electrons. The van der Waals surface area contributed by atoms with E-state index in [0.29, 0.717) is 6.42 Å². The first kappa shape index (κ1) is 18.4. The Balaban J connectivity index is 1.64. The normalized spacial score (nSPS) is 12.0. The van der Waals surface area contributed by atoms with E-state index < -0.39 is 12.7 Å². The maximum atomic E-state index is 12.7. The summed E-state index contributed by atoms with van der Waals surface area (Å²) >= 11 is 0. The number of alkyl halides is 2. The Morgan fingerprint density at radius 3 is 2.44 bits per heavy atom. The summed E-state index contributed by atoms with van der Waals surface area (Å²) < 4.78 is 30.1. The number of ether oxygens (including phenoxy) is 1. The van der Waals surface area contributed by atoms with Crippen LogP contribution < -0.4 is 10.1 Å². The summed E-state index contributed by atoms with van der Waals surface area (Å²) in [6.07, 6.45) is 1.82. The lowest BCUT2D eigenvalue weighted by atomic mass is 10.1. The molecule has 0 fully saturated rings. The Bertz CT molecular complexity index is 842. The first-order valence-corrected chi connectivity index (χ1v) is 8.19. The number of carbonyl (C=O) groups excluding carboxylic acids is 1. The highest BCUT2D eigenvalue weighted by molar-refractivity contribution is 5.80. The number of halogens is 2. The van der Waals surface area contributed by atoms with Gasteiger partial charge in [0.15, 0.2) is 0 Å². The van der Waals surface area contributed by atoms with Crippen LogP contribution in [0.5, 0.6) is 5.75 Å². The smallest absolute Gasteiger partial charge is 0.387 e. The van der Waals surface area contributed by atoms with Gasteiger partial charge in [-0.3, -0.25) is 4.79 Å². The van der Waals surface area contributed by atoms with Gasteiger partial charge in [-0.1, -0.05) is 42.5 Å². The number of carbonyl (C=O) groups is 1. The van der Waals surface area contributed by atoms with Gasteiger partial charge in [0.05, 0.1) is 0 Å². The fourth-order valence-electron chi connectivity index (χ4n) is 2.55. The number of nitrogens with one attached hydrogen (secondary N) is 1. The van der Waals surface area contributed by atoms with Crippen molar-refractivity contribution in [2.75, 3.05) is 0 Å². The number of tetrazole rings is 1. The standard InChI is InChI=1S/C18H17F2N5O2/c19-18(20)27-15-8-6-14(7-9-15)11-21-17(26)16(25-12-22-23-24-25)10-13-4-2-1-3-5-13/h1-9,12,16,18H,10-11H2,(H,21,26). The predicted octanol–water partition coefficient (Wildman–Crippen LogP) is 2.37. The van der Waals surface area contributed by atoms with Crippen LogP contribution in [0.15, 0.2) is 60.9 Å². The van der Waals surface area contributed by atoms with E-state index in [9.17, 15) is 13.6 Å². The van der Waals surface area contributed by atoms with Gasteiger partial charge in [-0.2, -0.15) is 8.78 Å². The van der Waals surface area contributed by atoms with Gasteiger partial charge in [-0.05, 0) is 33.7 Å². The molecule has 3 aromatic rings. The molecule has 1 aromatic heterocycles. The number of nitrogens with zero attached hydrogens (tertiary/aromatic N) is 4. The monoisotopic (exact) mass is 373 g/mol. The van der Waals surface area contributed by atoms with Gasteiger partial charge in [0.2, 0.25) is 5.91 Å². The minimum Gasteiger partial charge on any atom is -0.435 e. The zero-order valence-electron chi connectivity index (χ0n) is 14.2. The van der Waals surface area contributed by atoms with E-state index in [1.54, 1.807) is 12.1 Å². The fourth-order valence-corrected chi connectivity index (χ4v) is 2.55. The Morgan fingerprint density at radius 1 is 1.07 bits per heavy atom. The highest BCUT2D eigenvalue weighted by Crippen LogP contribution is 2.16. The molecule has 0 aliphatic rings. The zero-order chi connectivity index (χ0) is 19.1. The lowest BCUT2D eigenvalue weighted by molar-refractivity contribution is -0.124. The molecule has 2 aromatic carbocycles. The van der Waals surface area contributed by atoms with Gasteiger partial charge in [0.25, 0.3) is 0 Å². The molecule has 1 atom stereocenters. The molecule has 0 aliphatic heterocycles. The maximum Gasteiger partial charge on any atom is 0.387 e. The first-order valence-electron chi connectivity index (χ1n) is 8.19. The summed E-state index contributed by atoms with van der Waals surface area (Å²) in [5, 5.41) is 13.9. The van der Waals surface area contributed by atoms with Crippen LogP contribution >= 0.6 is 0 Å². The molecule has 1 amide bonds. The third kappa shape index (κ3) is 5.30. The molecule has 0 saturated carbocycles. The number of hydrogen-bond acceptors (Lipinski definition) is 5. The van der Waals surface area contributed by atoms with Crippen LogP contribution in [0.2, 0.25) is 0 Å². The van der Waals surface area contributed by atoms with Crippen LogP contribution in [0.1, 0.15) is 17.2 Å². The van der Waals surface area contributed by atoms with Crippen LogP contribution in [0.25, 0.3) is 0 Å². The van der Waals surface area contributed by atoms with Crippen LogP contribution in [-0.4, -0.2) is 32.7 Å². The molecule has 1 N–H and O–H groups in total.